The Hall–Kier alpha value is -2.11. The van der Waals surface area contributed by atoms with Crippen LogP contribution in [-0.4, -0.2) is 30.6 Å². The highest BCUT2D eigenvalue weighted by atomic mass is 19.1. The van der Waals surface area contributed by atoms with Gasteiger partial charge in [0, 0.05) is 24.7 Å². The van der Waals surface area contributed by atoms with E-state index in [1.807, 2.05) is 0 Å². The Morgan fingerprint density at radius 3 is 2.46 bits per heavy atom. The summed E-state index contributed by atoms with van der Waals surface area (Å²) in [6.45, 7) is 7.12. The summed E-state index contributed by atoms with van der Waals surface area (Å²) in [5.41, 5.74) is 0.891. The Bertz CT molecular complexity index is 674. The number of nitrogens with one attached hydrogen (secondary N) is 2. The minimum atomic E-state index is -0.334. The molecule has 26 heavy (non-hydrogen) atoms. The van der Waals surface area contributed by atoms with Crippen LogP contribution in [-0.2, 0) is 4.79 Å². The van der Waals surface area contributed by atoms with Gasteiger partial charge in [0.25, 0.3) is 0 Å². The number of halogens is 1. The second-order valence-corrected chi connectivity index (χ2v) is 8.61. The van der Waals surface area contributed by atoms with Crippen molar-refractivity contribution in [3.8, 4) is 0 Å². The quantitative estimate of drug-likeness (QED) is 0.866. The van der Waals surface area contributed by atoms with E-state index in [0.29, 0.717) is 18.2 Å². The monoisotopic (exact) mass is 361 g/mol. The zero-order valence-electron chi connectivity index (χ0n) is 15.7. The van der Waals surface area contributed by atoms with Crippen molar-refractivity contribution in [3.05, 3.63) is 30.1 Å². The van der Waals surface area contributed by atoms with Gasteiger partial charge in [0.2, 0.25) is 5.91 Å². The van der Waals surface area contributed by atoms with Gasteiger partial charge >= 0.3 is 6.03 Å². The molecule has 0 spiro atoms. The van der Waals surface area contributed by atoms with Gasteiger partial charge in [-0.3, -0.25) is 4.79 Å². The molecule has 1 saturated carbocycles. The zero-order chi connectivity index (χ0) is 18.9. The van der Waals surface area contributed by atoms with Gasteiger partial charge in [-0.15, -0.1) is 0 Å². The highest BCUT2D eigenvalue weighted by Crippen LogP contribution is 2.38. The molecule has 3 amide bonds. The molecule has 5 nitrogen and oxygen atoms in total. The van der Waals surface area contributed by atoms with Crippen LogP contribution in [0.15, 0.2) is 24.3 Å². The van der Waals surface area contributed by atoms with E-state index in [0.717, 1.165) is 12.8 Å². The molecule has 1 aliphatic carbocycles. The van der Waals surface area contributed by atoms with Gasteiger partial charge in [-0.25, -0.2) is 9.18 Å². The molecule has 0 radical (unpaired) electrons. The van der Waals surface area contributed by atoms with E-state index in [1.165, 1.54) is 18.6 Å². The predicted octanol–water partition coefficient (Wildman–Crippen LogP) is 3.45. The van der Waals surface area contributed by atoms with Gasteiger partial charge in [0.1, 0.15) is 5.82 Å². The zero-order valence-corrected chi connectivity index (χ0v) is 15.7. The molecule has 1 aromatic rings. The highest BCUT2D eigenvalue weighted by Gasteiger charge is 2.34. The van der Waals surface area contributed by atoms with E-state index in [1.54, 1.807) is 17.0 Å². The third kappa shape index (κ3) is 4.54. The molecular weight excluding hydrogens is 333 g/mol. The van der Waals surface area contributed by atoms with Crippen LogP contribution in [0.4, 0.5) is 14.9 Å². The van der Waals surface area contributed by atoms with E-state index < -0.39 is 0 Å². The van der Waals surface area contributed by atoms with E-state index in [-0.39, 0.29) is 41.7 Å². The van der Waals surface area contributed by atoms with Crippen LogP contribution >= 0.6 is 0 Å². The van der Waals surface area contributed by atoms with Crippen molar-refractivity contribution in [3.63, 3.8) is 0 Å². The number of hydrogen-bond donors (Lipinski definition) is 2. The molecule has 6 heteroatoms. The number of nitrogens with zero attached hydrogens (tertiary/aromatic N) is 1. The maximum absolute atomic E-state index is 13.1. The van der Waals surface area contributed by atoms with E-state index in [2.05, 4.69) is 31.4 Å². The van der Waals surface area contributed by atoms with Crippen LogP contribution in [0.2, 0.25) is 0 Å². The molecule has 0 bridgehead atoms. The van der Waals surface area contributed by atoms with Crippen molar-refractivity contribution in [1.82, 2.24) is 10.6 Å². The molecule has 3 atom stereocenters. The van der Waals surface area contributed by atoms with Crippen LogP contribution in [0.1, 0.15) is 46.5 Å². The molecule has 1 aliphatic heterocycles. The number of amides is 3. The summed E-state index contributed by atoms with van der Waals surface area (Å²) in [5, 5.41) is 6.00. The fraction of sp³-hybridized carbons (Fsp3) is 0.600. The van der Waals surface area contributed by atoms with Crippen LogP contribution in [0, 0.1) is 17.2 Å². The number of benzene rings is 1. The minimum Gasteiger partial charge on any atom is -0.335 e. The van der Waals surface area contributed by atoms with Gasteiger partial charge in [-0.2, -0.15) is 0 Å². The Morgan fingerprint density at radius 2 is 1.81 bits per heavy atom. The molecule has 1 heterocycles. The van der Waals surface area contributed by atoms with Gasteiger partial charge in [-0.1, -0.05) is 20.8 Å². The largest absolute Gasteiger partial charge is 0.335 e. The first kappa shape index (κ1) is 18.7. The molecule has 0 aromatic heterocycles. The first-order valence-electron chi connectivity index (χ1n) is 9.35. The topological polar surface area (TPSA) is 61.4 Å². The summed E-state index contributed by atoms with van der Waals surface area (Å²) in [6, 6.07) is 5.56. The second kappa shape index (κ2) is 7.25. The van der Waals surface area contributed by atoms with Crippen molar-refractivity contribution in [2.24, 2.45) is 11.3 Å². The van der Waals surface area contributed by atoms with Crippen molar-refractivity contribution >= 4 is 17.6 Å². The summed E-state index contributed by atoms with van der Waals surface area (Å²) in [4.78, 5) is 26.2. The summed E-state index contributed by atoms with van der Waals surface area (Å²) in [6.07, 6.45) is 3.39. The van der Waals surface area contributed by atoms with E-state index >= 15 is 0 Å². The Kier molecular flexibility index (Phi) is 5.21. The van der Waals surface area contributed by atoms with Crippen molar-refractivity contribution < 1.29 is 14.0 Å². The SMILES string of the molecule is CC1CC(NC(=O)NC2CC(=O)N(c3ccc(F)cc3)C2)CC(C)(C)C1. The van der Waals surface area contributed by atoms with Crippen LogP contribution < -0.4 is 15.5 Å². The normalized spacial score (nSPS) is 28.1. The molecule has 1 saturated heterocycles. The van der Waals surface area contributed by atoms with Crippen molar-refractivity contribution in [2.75, 3.05) is 11.4 Å². The highest BCUT2D eigenvalue weighted by molar-refractivity contribution is 5.96. The lowest BCUT2D eigenvalue weighted by Crippen LogP contribution is -2.50. The smallest absolute Gasteiger partial charge is 0.315 e. The van der Waals surface area contributed by atoms with Crippen molar-refractivity contribution in [1.29, 1.82) is 0 Å². The fourth-order valence-corrected chi connectivity index (χ4v) is 4.54. The Balaban J connectivity index is 1.54. The van der Waals surface area contributed by atoms with Gasteiger partial charge < -0.3 is 15.5 Å². The Labute approximate surface area is 154 Å². The second-order valence-electron chi connectivity index (χ2n) is 8.61. The number of urea groups is 1. The fourth-order valence-electron chi connectivity index (χ4n) is 4.54. The lowest BCUT2D eigenvalue weighted by molar-refractivity contribution is -0.117. The van der Waals surface area contributed by atoms with E-state index in [9.17, 15) is 14.0 Å². The first-order chi connectivity index (χ1) is 12.2. The number of carbonyl (C=O) groups excluding carboxylic acids is 2. The van der Waals surface area contributed by atoms with Gasteiger partial charge in [0.05, 0.1) is 6.04 Å². The summed E-state index contributed by atoms with van der Waals surface area (Å²) < 4.78 is 13.1. The summed E-state index contributed by atoms with van der Waals surface area (Å²) in [7, 11) is 0. The minimum absolute atomic E-state index is 0.0608. The molecule has 142 valence electrons. The van der Waals surface area contributed by atoms with Gasteiger partial charge in [-0.05, 0) is 54.9 Å². The first-order valence-corrected chi connectivity index (χ1v) is 9.35. The molecule has 3 unspecified atom stereocenters. The maximum atomic E-state index is 13.1. The maximum Gasteiger partial charge on any atom is 0.315 e. The molecular formula is C20H28FN3O2. The molecule has 2 aliphatic rings. The molecule has 2 N–H and O–H groups in total. The average Bonchev–Trinajstić information content (AvgIpc) is 2.86. The van der Waals surface area contributed by atoms with Crippen LogP contribution in [0.5, 0.6) is 0 Å². The summed E-state index contributed by atoms with van der Waals surface area (Å²) >= 11 is 0. The summed E-state index contributed by atoms with van der Waals surface area (Å²) in [5.74, 6) is 0.194. The number of hydrogen-bond acceptors (Lipinski definition) is 2. The lowest BCUT2D eigenvalue weighted by atomic mass is 9.71. The number of anilines is 1. The van der Waals surface area contributed by atoms with Crippen molar-refractivity contribution in [2.45, 2.75) is 58.5 Å². The third-order valence-electron chi connectivity index (χ3n) is 5.32. The third-order valence-corrected chi connectivity index (χ3v) is 5.32. The van der Waals surface area contributed by atoms with Crippen LogP contribution in [0.25, 0.3) is 0 Å². The van der Waals surface area contributed by atoms with E-state index in [4.69, 9.17) is 0 Å². The molecule has 2 fully saturated rings. The average molecular weight is 361 g/mol. The van der Waals surface area contributed by atoms with Gasteiger partial charge in [0.15, 0.2) is 0 Å². The van der Waals surface area contributed by atoms with Crippen LogP contribution in [0.3, 0.4) is 0 Å². The number of carbonyl (C=O) groups is 2. The Morgan fingerprint density at radius 1 is 1.15 bits per heavy atom. The molecule has 1 aromatic carbocycles. The predicted molar refractivity (Wildman–Crippen MR) is 99.4 cm³/mol. The number of rotatable bonds is 3. The lowest BCUT2D eigenvalue weighted by Gasteiger charge is -2.39. The molecule has 3 rings (SSSR count). The standard InChI is InChI=1S/C20H28FN3O2/c1-13-8-15(11-20(2,3)10-13)22-19(26)23-16-9-18(25)24(12-16)17-6-4-14(21)5-7-17/h4-7,13,15-16H,8-12H2,1-3H3,(H2,22,23,26).